The second-order valence-corrected chi connectivity index (χ2v) is 3.36. The molecule has 1 aliphatic heterocycles. The highest BCUT2D eigenvalue weighted by molar-refractivity contribution is 5.48. The van der Waals surface area contributed by atoms with Gasteiger partial charge in [-0.2, -0.15) is 0 Å². The molecule has 6 nitrogen and oxygen atoms in total. The van der Waals surface area contributed by atoms with E-state index in [2.05, 4.69) is 0 Å². The Labute approximate surface area is 91.9 Å². The number of benzene rings is 1. The molecular formula is C10H11NO5. The Kier molecular flexibility index (Phi) is 2.91. The van der Waals surface area contributed by atoms with Crippen molar-refractivity contribution >= 4 is 5.69 Å². The lowest BCUT2D eigenvalue weighted by Crippen LogP contribution is -2.05. The Bertz CT molecular complexity index is 402. The van der Waals surface area contributed by atoms with Crippen molar-refractivity contribution in [2.45, 2.75) is 6.10 Å². The topological polar surface area (TPSA) is 74.1 Å². The van der Waals surface area contributed by atoms with Gasteiger partial charge in [0, 0.05) is 6.07 Å². The van der Waals surface area contributed by atoms with Crippen LogP contribution in [0.1, 0.15) is 0 Å². The molecule has 1 aliphatic rings. The van der Waals surface area contributed by atoms with Crippen LogP contribution in [-0.2, 0) is 4.74 Å². The number of epoxide rings is 1. The minimum atomic E-state index is -0.476. The number of methoxy groups -OCH3 is 1. The number of nitro benzene ring substituents is 1. The van der Waals surface area contributed by atoms with E-state index in [0.717, 1.165) is 0 Å². The third kappa shape index (κ3) is 2.40. The number of rotatable bonds is 5. The number of hydrogen-bond donors (Lipinski definition) is 0. The number of hydrogen-bond acceptors (Lipinski definition) is 5. The van der Waals surface area contributed by atoms with Gasteiger partial charge in [0.15, 0.2) is 11.5 Å². The molecule has 6 heteroatoms. The monoisotopic (exact) mass is 225 g/mol. The molecular weight excluding hydrogens is 214 g/mol. The van der Waals surface area contributed by atoms with Crippen molar-refractivity contribution < 1.29 is 19.1 Å². The number of nitrogens with zero attached hydrogens (tertiary/aromatic N) is 1. The van der Waals surface area contributed by atoms with Crippen LogP contribution in [-0.4, -0.2) is 31.4 Å². The third-order valence-corrected chi connectivity index (χ3v) is 2.19. The minimum absolute atomic E-state index is 0.0214. The van der Waals surface area contributed by atoms with Crippen molar-refractivity contribution in [3.05, 3.63) is 28.3 Å². The Morgan fingerprint density at radius 3 is 2.88 bits per heavy atom. The molecule has 0 aromatic heterocycles. The second kappa shape index (κ2) is 4.36. The van der Waals surface area contributed by atoms with E-state index in [9.17, 15) is 10.1 Å². The van der Waals surface area contributed by atoms with E-state index in [1.807, 2.05) is 0 Å². The first-order valence-electron chi connectivity index (χ1n) is 4.77. The summed E-state index contributed by atoms with van der Waals surface area (Å²) in [5, 5.41) is 10.5. The molecule has 1 saturated heterocycles. The highest BCUT2D eigenvalue weighted by Gasteiger charge is 2.24. The van der Waals surface area contributed by atoms with Crippen molar-refractivity contribution in [3.63, 3.8) is 0 Å². The average Bonchev–Trinajstić information content (AvgIpc) is 3.09. The molecule has 0 radical (unpaired) electrons. The van der Waals surface area contributed by atoms with Crippen LogP contribution in [0.15, 0.2) is 18.2 Å². The van der Waals surface area contributed by atoms with Crippen LogP contribution in [0.3, 0.4) is 0 Å². The first-order chi connectivity index (χ1) is 7.70. The number of non-ortho nitro benzene ring substituents is 1. The van der Waals surface area contributed by atoms with E-state index in [1.54, 1.807) is 0 Å². The van der Waals surface area contributed by atoms with Crippen molar-refractivity contribution in [1.82, 2.24) is 0 Å². The summed E-state index contributed by atoms with van der Waals surface area (Å²) in [4.78, 5) is 10.1. The van der Waals surface area contributed by atoms with Gasteiger partial charge < -0.3 is 14.2 Å². The average molecular weight is 225 g/mol. The van der Waals surface area contributed by atoms with Gasteiger partial charge in [0.1, 0.15) is 12.7 Å². The van der Waals surface area contributed by atoms with Crippen LogP contribution >= 0.6 is 0 Å². The molecule has 1 heterocycles. The maximum atomic E-state index is 10.5. The van der Waals surface area contributed by atoms with Gasteiger partial charge in [0.05, 0.1) is 24.7 Å². The van der Waals surface area contributed by atoms with E-state index >= 15 is 0 Å². The number of ether oxygens (including phenoxy) is 3. The van der Waals surface area contributed by atoms with Crippen molar-refractivity contribution in [3.8, 4) is 11.5 Å². The van der Waals surface area contributed by atoms with Crippen LogP contribution in [0, 0.1) is 10.1 Å². The molecule has 0 amide bonds. The predicted octanol–water partition coefficient (Wildman–Crippen LogP) is 1.38. The molecule has 0 aliphatic carbocycles. The third-order valence-electron chi connectivity index (χ3n) is 2.19. The SMILES string of the molecule is COc1cc([N+](=O)[O-])ccc1OCC1CO1. The maximum Gasteiger partial charge on any atom is 0.273 e. The van der Waals surface area contributed by atoms with E-state index in [4.69, 9.17) is 14.2 Å². The fraction of sp³-hybridized carbons (Fsp3) is 0.400. The molecule has 1 unspecified atom stereocenters. The summed E-state index contributed by atoms with van der Waals surface area (Å²) in [6.07, 6.45) is 0.139. The second-order valence-electron chi connectivity index (χ2n) is 3.36. The summed E-state index contributed by atoms with van der Waals surface area (Å²) in [5.74, 6) is 0.846. The van der Waals surface area contributed by atoms with Crippen LogP contribution in [0.25, 0.3) is 0 Å². The lowest BCUT2D eigenvalue weighted by atomic mass is 10.3. The van der Waals surface area contributed by atoms with Gasteiger partial charge >= 0.3 is 0 Å². The standard InChI is InChI=1S/C10H11NO5/c1-14-10-4-7(11(12)13)2-3-9(10)16-6-8-5-15-8/h2-4,8H,5-6H2,1H3. The van der Waals surface area contributed by atoms with Gasteiger partial charge in [-0.1, -0.05) is 0 Å². The van der Waals surface area contributed by atoms with E-state index < -0.39 is 4.92 Å². The molecule has 0 saturated carbocycles. The summed E-state index contributed by atoms with van der Waals surface area (Å²) in [5.41, 5.74) is -0.0214. The lowest BCUT2D eigenvalue weighted by molar-refractivity contribution is -0.384. The summed E-state index contributed by atoms with van der Waals surface area (Å²) in [6.45, 7) is 1.14. The zero-order valence-electron chi connectivity index (χ0n) is 8.71. The van der Waals surface area contributed by atoms with Gasteiger partial charge in [0.25, 0.3) is 5.69 Å². The highest BCUT2D eigenvalue weighted by Crippen LogP contribution is 2.31. The lowest BCUT2D eigenvalue weighted by Gasteiger charge is -2.08. The smallest absolute Gasteiger partial charge is 0.273 e. The number of nitro groups is 1. The molecule has 16 heavy (non-hydrogen) atoms. The molecule has 86 valence electrons. The Balaban J connectivity index is 2.12. The summed E-state index contributed by atoms with van der Waals surface area (Å²) in [6, 6.07) is 4.24. The van der Waals surface area contributed by atoms with E-state index in [1.165, 1.54) is 25.3 Å². The molecule has 0 N–H and O–H groups in total. The zero-order chi connectivity index (χ0) is 11.5. The van der Waals surface area contributed by atoms with Gasteiger partial charge in [0.2, 0.25) is 0 Å². The minimum Gasteiger partial charge on any atom is -0.493 e. The van der Waals surface area contributed by atoms with Gasteiger partial charge in [-0.05, 0) is 6.07 Å². The maximum absolute atomic E-state index is 10.5. The van der Waals surface area contributed by atoms with Crippen molar-refractivity contribution in [2.75, 3.05) is 20.3 Å². The van der Waals surface area contributed by atoms with Gasteiger partial charge in [-0.25, -0.2) is 0 Å². The van der Waals surface area contributed by atoms with Crippen LogP contribution in [0.4, 0.5) is 5.69 Å². The fourth-order valence-corrected chi connectivity index (χ4v) is 1.24. The molecule has 1 atom stereocenters. The molecule has 1 aromatic rings. The predicted molar refractivity (Wildman–Crippen MR) is 54.9 cm³/mol. The van der Waals surface area contributed by atoms with E-state index in [0.29, 0.717) is 24.7 Å². The molecule has 1 aromatic carbocycles. The van der Waals surface area contributed by atoms with Gasteiger partial charge in [-0.3, -0.25) is 10.1 Å². The largest absolute Gasteiger partial charge is 0.493 e. The summed E-state index contributed by atoms with van der Waals surface area (Å²) >= 11 is 0. The summed E-state index contributed by atoms with van der Waals surface area (Å²) < 4.78 is 15.4. The molecule has 2 rings (SSSR count). The molecule has 0 bridgehead atoms. The first kappa shape index (κ1) is 10.7. The van der Waals surface area contributed by atoms with Crippen molar-refractivity contribution in [2.24, 2.45) is 0 Å². The summed E-state index contributed by atoms with van der Waals surface area (Å²) in [7, 11) is 1.44. The van der Waals surface area contributed by atoms with Crippen LogP contribution in [0.2, 0.25) is 0 Å². The van der Waals surface area contributed by atoms with Crippen molar-refractivity contribution in [1.29, 1.82) is 0 Å². The highest BCUT2D eigenvalue weighted by atomic mass is 16.6. The Hall–Kier alpha value is -1.82. The Morgan fingerprint density at radius 2 is 2.31 bits per heavy atom. The fourth-order valence-electron chi connectivity index (χ4n) is 1.24. The first-order valence-corrected chi connectivity index (χ1v) is 4.77. The molecule has 1 fully saturated rings. The zero-order valence-corrected chi connectivity index (χ0v) is 8.71. The van der Waals surface area contributed by atoms with Crippen LogP contribution in [0.5, 0.6) is 11.5 Å². The van der Waals surface area contributed by atoms with Gasteiger partial charge in [-0.15, -0.1) is 0 Å². The van der Waals surface area contributed by atoms with Crippen LogP contribution < -0.4 is 9.47 Å². The normalized spacial score (nSPS) is 17.9. The Morgan fingerprint density at radius 1 is 1.56 bits per heavy atom. The quantitative estimate of drug-likeness (QED) is 0.430. The molecule has 0 spiro atoms. The van der Waals surface area contributed by atoms with E-state index in [-0.39, 0.29) is 11.8 Å².